The minimum atomic E-state index is -1.24. The fourth-order valence-corrected chi connectivity index (χ4v) is 7.89. The second kappa shape index (κ2) is 4.90. The lowest BCUT2D eigenvalue weighted by Crippen LogP contribution is -2.51. The Balaban J connectivity index is 1.98. The summed E-state index contributed by atoms with van der Waals surface area (Å²) in [6.07, 6.45) is 2.04. The molecule has 4 aliphatic rings. The van der Waals surface area contributed by atoms with E-state index in [1.54, 1.807) is 6.92 Å². The summed E-state index contributed by atoms with van der Waals surface area (Å²) in [5.41, 5.74) is -3.60. The number of rotatable bonds is 2. The molecule has 8 atom stereocenters. The van der Waals surface area contributed by atoms with Crippen LogP contribution in [0.2, 0.25) is 0 Å². The van der Waals surface area contributed by atoms with Gasteiger partial charge in [0.2, 0.25) is 0 Å². The van der Waals surface area contributed by atoms with E-state index in [-0.39, 0.29) is 12.3 Å². The van der Waals surface area contributed by atoms with Crippen LogP contribution in [0, 0.1) is 34.0 Å². The summed E-state index contributed by atoms with van der Waals surface area (Å²) in [7, 11) is 0. The predicted molar refractivity (Wildman–Crippen MR) is 92.2 cm³/mol. The van der Waals surface area contributed by atoms with Gasteiger partial charge in [-0.3, -0.25) is 9.59 Å². The first-order valence-electron chi connectivity index (χ1n) is 9.51. The zero-order chi connectivity index (χ0) is 19.3. The number of aliphatic hydroxyl groups excluding tert-OH is 1. The van der Waals surface area contributed by atoms with Crippen LogP contribution in [0.4, 0.5) is 0 Å². The second-order valence-electron chi connectivity index (χ2n) is 9.72. The van der Waals surface area contributed by atoms with E-state index in [0.29, 0.717) is 24.8 Å². The molecule has 6 nitrogen and oxygen atoms in total. The predicted octanol–water partition coefficient (Wildman–Crippen LogP) is 2.05. The van der Waals surface area contributed by atoms with Gasteiger partial charge in [0.15, 0.2) is 0 Å². The third kappa shape index (κ3) is 1.71. The Hall–Kier alpha value is -1.40. The number of fused-ring (bicyclic) bond motifs is 3. The summed E-state index contributed by atoms with van der Waals surface area (Å²) in [4.78, 5) is 24.7. The van der Waals surface area contributed by atoms with Crippen molar-refractivity contribution >= 4 is 11.9 Å². The Kier molecular flexibility index (Phi) is 3.39. The smallest absolute Gasteiger partial charge is 0.309 e. The van der Waals surface area contributed by atoms with E-state index >= 15 is 0 Å². The van der Waals surface area contributed by atoms with E-state index in [9.17, 15) is 30.0 Å². The maximum Gasteiger partial charge on any atom is 0.309 e. The summed E-state index contributed by atoms with van der Waals surface area (Å²) in [5, 5.41) is 42.3. The van der Waals surface area contributed by atoms with E-state index in [0.717, 1.165) is 12.8 Å². The summed E-state index contributed by atoms with van der Waals surface area (Å²) in [5.74, 6) is -3.73. The first kappa shape index (κ1) is 18.0. The molecule has 0 saturated heterocycles. The molecule has 0 aliphatic heterocycles. The summed E-state index contributed by atoms with van der Waals surface area (Å²) >= 11 is 0. The first-order valence-corrected chi connectivity index (χ1v) is 9.51. The van der Waals surface area contributed by atoms with Gasteiger partial charge in [-0.05, 0) is 61.9 Å². The van der Waals surface area contributed by atoms with Crippen molar-refractivity contribution in [1.82, 2.24) is 0 Å². The van der Waals surface area contributed by atoms with Crippen LogP contribution in [0.5, 0.6) is 0 Å². The van der Waals surface area contributed by atoms with E-state index < -0.39 is 51.7 Å². The molecule has 4 aliphatic carbocycles. The van der Waals surface area contributed by atoms with Gasteiger partial charge in [0.25, 0.3) is 0 Å². The molecule has 4 N–H and O–H groups in total. The average Bonchev–Trinajstić information content (AvgIpc) is 2.87. The Morgan fingerprint density at radius 3 is 2.38 bits per heavy atom. The number of carboxylic acids is 2. The van der Waals surface area contributed by atoms with Gasteiger partial charge < -0.3 is 20.4 Å². The number of carboxylic acid groups (broad SMARTS) is 2. The van der Waals surface area contributed by atoms with E-state index in [2.05, 4.69) is 6.58 Å². The number of hydrogen-bond acceptors (Lipinski definition) is 4. The van der Waals surface area contributed by atoms with Crippen molar-refractivity contribution < 1.29 is 30.0 Å². The van der Waals surface area contributed by atoms with Crippen molar-refractivity contribution in [2.75, 3.05) is 0 Å². The van der Waals surface area contributed by atoms with Crippen LogP contribution in [-0.4, -0.2) is 44.1 Å². The van der Waals surface area contributed by atoms with Crippen LogP contribution in [-0.2, 0) is 9.59 Å². The van der Waals surface area contributed by atoms with E-state index in [1.807, 2.05) is 6.92 Å². The first-order chi connectivity index (χ1) is 11.9. The summed E-state index contributed by atoms with van der Waals surface area (Å²) in [6, 6.07) is 0. The highest BCUT2D eigenvalue weighted by Gasteiger charge is 2.79. The molecule has 0 aromatic carbocycles. The monoisotopic (exact) mass is 364 g/mol. The number of aliphatic carboxylic acids is 2. The zero-order valence-electron chi connectivity index (χ0n) is 15.4. The second-order valence-corrected chi connectivity index (χ2v) is 9.72. The molecule has 0 aromatic rings. The van der Waals surface area contributed by atoms with Gasteiger partial charge in [-0.2, -0.15) is 0 Å². The third-order valence-electron chi connectivity index (χ3n) is 8.80. The molecule has 6 heteroatoms. The van der Waals surface area contributed by atoms with Gasteiger partial charge in [0, 0.05) is 5.41 Å². The van der Waals surface area contributed by atoms with E-state index in [4.69, 9.17) is 0 Å². The van der Waals surface area contributed by atoms with Crippen molar-refractivity contribution in [3.8, 4) is 0 Å². The maximum atomic E-state index is 12.5. The SMILES string of the molecule is C=C1[C@@H](O)[C@@]23C[C@@]1(O)CC[C@H]2[C@]1(C)CCC[C@@](C)(C(=O)O)[C@H]1[C@@H]3C(=O)O. The molecule has 2 bridgehead atoms. The molecule has 0 radical (unpaired) electrons. The summed E-state index contributed by atoms with van der Waals surface area (Å²) in [6.45, 7) is 7.59. The van der Waals surface area contributed by atoms with Crippen LogP contribution in [0.1, 0.15) is 52.4 Å². The van der Waals surface area contributed by atoms with Gasteiger partial charge in [0.05, 0.1) is 23.0 Å². The highest BCUT2D eigenvalue weighted by Crippen LogP contribution is 2.78. The molecule has 4 saturated carbocycles. The lowest BCUT2D eigenvalue weighted by molar-refractivity contribution is -0.167. The van der Waals surface area contributed by atoms with Gasteiger partial charge in [-0.1, -0.05) is 19.9 Å². The van der Waals surface area contributed by atoms with Crippen LogP contribution >= 0.6 is 0 Å². The highest BCUT2D eigenvalue weighted by molar-refractivity contribution is 5.79. The van der Waals surface area contributed by atoms with Gasteiger partial charge >= 0.3 is 11.9 Å². The van der Waals surface area contributed by atoms with Gasteiger partial charge in [-0.15, -0.1) is 0 Å². The number of carbonyl (C=O) groups is 2. The Bertz CT molecular complexity index is 717. The average molecular weight is 364 g/mol. The molecule has 0 aromatic heterocycles. The summed E-state index contributed by atoms with van der Waals surface area (Å²) < 4.78 is 0. The number of aliphatic hydroxyl groups is 2. The van der Waals surface area contributed by atoms with Crippen molar-refractivity contribution in [1.29, 1.82) is 0 Å². The van der Waals surface area contributed by atoms with Crippen LogP contribution in [0.25, 0.3) is 0 Å². The third-order valence-corrected chi connectivity index (χ3v) is 8.80. The van der Waals surface area contributed by atoms with Crippen LogP contribution in [0.3, 0.4) is 0 Å². The molecular weight excluding hydrogens is 336 g/mol. The fraction of sp³-hybridized carbons (Fsp3) is 0.800. The fourth-order valence-electron chi connectivity index (χ4n) is 7.89. The topological polar surface area (TPSA) is 115 Å². The quantitative estimate of drug-likeness (QED) is 0.558. The molecule has 0 heterocycles. The van der Waals surface area contributed by atoms with Gasteiger partial charge in [0.1, 0.15) is 0 Å². The molecule has 4 rings (SSSR count). The Labute approximate surface area is 152 Å². The van der Waals surface area contributed by atoms with Crippen molar-refractivity contribution in [3.63, 3.8) is 0 Å². The lowest BCUT2D eigenvalue weighted by Gasteiger charge is -2.50. The maximum absolute atomic E-state index is 12.5. The van der Waals surface area contributed by atoms with E-state index in [1.165, 1.54) is 0 Å². The minimum absolute atomic E-state index is 0.130. The Morgan fingerprint density at radius 1 is 1.15 bits per heavy atom. The zero-order valence-corrected chi connectivity index (χ0v) is 15.4. The van der Waals surface area contributed by atoms with Crippen LogP contribution in [0.15, 0.2) is 12.2 Å². The molecular formula is C20H28O6. The molecule has 1 spiro atoms. The largest absolute Gasteiger partial charge is 0.481 e. The Morgan fingerprint density at radius 2 is 1.81 bits per heavy atom. The molecule has 0 amide bonds. The lowest BCUT2D eigenvalue weighted by atomic mass is 9.53. The minimum Gasteiger partial charge on any atom is -0.481 e. The molecule has 4 fully saturated rings. The number of hydrogen-bond donors (Lipinski definition) is 4. The molecule has 26 heavy (non-hydrogen) atoms. The van der Waals surface area contributed by atoms with Crippen LogP contribution < -0.4 is 0 Å². The highest BCUT2D eigenvalue weighted by atomic mass is 16.4. The van der Waals surface area contributed by atoms with Gasteiger partial charge in [-0.25, -0.2) is 0 Å². The van der Waals surface area contributed by atoms with Crippen molar-refractivity contribution in [2.45, 2.75) is 64.1 Å². The molecule has 144 valence electrons. The molecule has 0 unspecified atom stereocenters. The standard InChI is InChI=1S/C20H28O6/c1-10-14(21)20-9-19(10,26)8-5-11(20)17(2)6-4-7-18(3,16(24)25)13(17)12(20)15(22)23/h11-14,21,26H,1,4-9H2,2-3H3,(H,22,23)(H,24,25)/t11-,12+,13-,14+,17-,18+,19-,20-/m0/s1. The van der Waals surface area contributed by atoms with Crippen molar-refractivity contribution in [2.24, 2.45) is 34.0 Å². The van der Waals surface area contributed by atoms with Crippen molar-refractivity contribution in [3.05, 3.63) is 12.2 Å². The normalized spacial score (nSPS) is 55.3.